The van der Waals surface area contributed by atoms with Crippen LogP contribution in [0.15, 0.2) is 0 Å². The molecule has 0 aromatic carbocycles. The lowest BCUT2D eigenvalue weighted by atomic mass is 10.1. The molecule has 0 aliphatic heterocycles. The third kappa shape index (κ3) is 4.21. The second kappa shape index (κ2) is 3.01. The quantitative estimate of drug-likeness (QED) is 0.441. The first-order valence-electron chi connectivity index (χ1n) is 1.95. The lowest BCUT2D eigenvalue weighted by Crippen LogP contribution is -2.06. The summed E-state index contributed by atoms with van der Waals surface area (Å²) >= 11 is 0. The third-order valence-electron chi connectivity index (χ3n) is 0.535. The van der Waals surface area contributed by atoms with Crippen LogP contribution in [0.1, 0.15) is 0 Å². The first-order valence-corrected chi connectivity index (χ1v) is 3.59. The third-order valence-corrected chi connectivity index (χ3v) is 1.61. The summed E-state index contributed by atoms with van der Waals surface area (Å²) in [5.74, 6) is -1.47. The van der Waals surface area contributed by atoms with Crippen LogP contribution in [-0.2, 0) is 9.09 Å². The highest BCUT2D eigenvalue weighted by Gasteiger charge is 2.24. The molecule has 0 saturated heterocycles. The van der Waals surface area contributed by atoms with Gasteiger partial charge in [-0.1, -0.05) is 0 Å². The Bertz CT molecular complexity index is 155. The maximum atomic E-state index is 10.3. The second-order valence-electron chi connectivity index (χ2n) is 1.21. The van der Waals surface area contributed by atoms with Gasteiger partial charge in [0.25, 0.3) is 13.3 Å². The fraction of sp³-hybridized carbons (Fsp3) is 0.500. The van der Waals surface area contributed by atoms with Gasteiger partial charge in [-0.2, -0.15) is 0 Å². The minimum absolute atomic E-state index is 0.215. The normalized spacial score (nSPS) is 16.2. The summed E-state index contributed by atoms with van der Waals surface area (Å²) in [6.45, 7) is 0.215. The molecule has 0 fully saturated rings. The topological polar surface area (TPSA) is 83.8 Å². The number of carbonyl (C=O) groups is 1. The van der Waals surface area contributed by atoms with Crippen molar-refractivity contribution in [2.24, 2.45) is 0 Å². The Hall–Kier alpha value is -0.315. The van der Waals surface area contributed by atoms with Crippen LogP contribution in [0.3, 0.4) is 0 Å². The fourth-order valence-corrected chi connectivity index (χ4v) is 0.577. The van der Waals surface area contributed by atoms with Crippen LogP contribution in [-0.4, -0.2) is 30.0 Å². The van der Waals surface area contributed by atoms with Crippen molar-refractivity contribution in [3.63, 3.8) is 0 Å². The molecule has 1 unspecified atom stereocenters. The summed E-state index contributed by atoms with van der Waals surface area (Å²) in [6.07, 6.45) is 0. The zero-order valence-electron chi connectivity index (χ0n) is 4.64. The first-order chi connectivity index (χ1) is 3.98. The van der Waals surface area contributed by atoms with Gasteiger partial charge in [0.15, 0.2) is 0 Å². The van der Waals surface area contributed by atoms with E-state index in [9.17, 15) is 9.36 Å². The van der Waals surface area contributed by atoms with Gasteiger partial charge in [-0.25, -0.2) is 0 Å². The van der Waals surface area contributed by atoms with Crippen LogP contribution in [0, 0.1) is 0 Å². The van der Waals surface area contributed by atoms with E-state index in [1.807, 2.05) is 0 Å². The monoisotopic (exact) mass is 151 g/mol. The molecule has 51 valence electrons. The molecule has 7 heteroatoms. The van der Waals surface area contributed by atoms with E-state index < -0.39 is 13.3 Å². The van der Waals surface area contributed by atoms with Gasteiger partial charge in [-0.3, -0.25) is 9.36 Å². The zero-order valence-corrected chi connectivity index (χ0v) is 5.54. The smallest absolute Gasteiger partial charge is 0.415 e. The van der Waals surface area contributed by atoms with Crippen molar-refractivity contribution in [1.29, 1.82) is 0 Å². The Morgan fingerprint density at radius 1 is 1.78 bits per heavy atom. The van der Waals surface area contributed by atoms with Crippen LogP contribution in [0.4, 0.5) is 4.79 Å². The van der Waals surface area contributed by atoms with Crippen LogP contribution < -0.4 is 0 Å². The highest BCUT2D eigenvalue weighted by molar-refractivity contribution is 7.86. The van der Waals surface area contributed by atoms with Gasteiger partial charge in [0.05, 0.1) is 0 Å². The fourth-order valence-electron chi connectivity index (χ4n) is 0.192. The Balaban J connectivity index is 3.88. The number of hydrogen-bond donors (Lipinski definition) is 2. The predicted octanol–water partition coefficient (Wildman–Crippen LogP) is 0.115. The molecule has 0 rings (SSSR count). The second-order valence-corrected chi connectivity index (χ2v) is 2.97. The van der Waals surface area contributed by atoms with Crippen molar-refractivity contribution in [1.82, 2.24) is 0 Å². The molecule has 1 atom stereocenters. The Morgan fingerprint density at radius 3 is 2.33 bits per heavy atom. The average molecular weight is 151 g/mol. The summed E-state index contributed by atoms with van der Waals surface area (Å²) < 4.78 is 14.2. The van der Waals surface area contributed by atoms with Gasteiger partial charge >= 0.3 is 7.00 Å². The molecule has 0 aliphatic rings. The van der Waals surface area contributed by atoms with E-state index >= 15 is 0 Å². The van der Waals surface area contributed by atoms with Gasteiger partial charge in [0, 0.05) is 7.11 Å². The molecule has 5 nitrogen and oxygen atoms in total. The summed E-state index contributed by atoms with van der Waals surface area (Å²) in [6, 6.07) is 0. The van der Waals surface area contributed by atoms with Crippen LogP contribution in [0.5, 0.6) is 0 Å². The van der Waals surface area contributed by atoms with E-state index in [0.717, 1.165) is 7.11 Å². The van der Waals surface area contributed by atoms with Gasteiger partial charge in [0.1, 0.15) is 0 Å². The average Bonchev–Trinajstić information content (AvgIpc) is 1.63. The SMILES string of the molecule is COP(=O)(O)[B]C(=O)O. The lowest BCUT2D eigenvalue weighted by Gasteiger charge is -2.01. The molecule has 0 aromatic rings. The first kappa shape index (κ1) is 8.68. The Morgan fingerprint density at radius 2 is 2.22 bits per heavy atom. The van der Waals surface area contributed by atoms with E-state index in [2.05, 4.69) is 4.52 Å². The molecular weight excluding hydrogens is 146 g/mol. The number of hydrogen-bond acceptors (Lipinski definition) is 3. The van der Waals surface area contributed by atoms with Crippen molar-refractivity contribution >= 4 is 20.3 Å². The molecule has 0 heterocycles. The molecule has 9 heavy (non-hydrogen) atoms. The lowest BCUT2D eigenvalue weighted by molar-refractivity contribution is 0.220. The zero-order chi connectivity index (χ0) is 7.49. The molecular formula is C2H5BO5P. The minimum Gasteiger partial charge on any atom is -0.489 e. The van der Waals surface area contributed by atoms with Crippen LogP contribution in [0.2, 0.25) is 0 Å². The van der Waals surface area contributed by atoms with E-state index in [1.165, 1.54) is 0 Å². The molecule has 2 N–H and O–H groups in total. The highest BCUT2D eigenvalue weighted by Crippen LogP contribution is 2.37. The van der Waals surface area contributed by atoms with Crippen molar-refractivity contribution < 1.29 is 23.9 Å². The maximum Gasteiger partial charge on any atom is 0.415 e. The molecule has 0 bridgehead atoms. The standard InChI is InChI=1S/C2H5BO5P/c1-8-9(6,7)3-2(4)5/h1H3,(H,4,5)(H,6,7). The van der Waals surface area contributed by atoms with Crippen LogP contribution >= 0.6 is 7.47 Å². The predicted molar refractivity (Wildman–Crippen MR) is 30.6 cm³/mol. The van der Waals surface area contributed by atoms with Gasteiger partial charge in [-0.05, 0) is 0 Å². The molecule has 0 saturated carbocycles. The van der Waals surface area contributed by atoms with Gasteiger partial charge in [0.2, 0.25) is 0 Å². The van der Waals surface area contributed by atoms with E-state index in [0.29, 0.717) is 0 Å². The maximum absolute atomic E-state index is 10.3. The van der Waals surface area contributed by atoms with Crippen molar-refractivity contribution in [3.05, 3.63) is 0 Å². The Labute approximate surface area is 52.4 Å². The summed E-state index contributed by atoms with van der Waals surface area (Å²) in [4.78, 5) is 18.1. The summed E-state index contributed by atoms with van der Waals surface area (Å²) in [5.41, 5.74) is 0. The van der Waals surface area contributed by atoms with E-state index in [-0.39, 0.29) is 7.00 Å². The highest BCUT2D eigenvalue weighted by atomic mass is 31.2. The molecule has 0 amide bonds. The largest absolute Gasteiger partial charge is 0.489 e. The van der Waals surface area contributed by atoms with E-state index in [1.54, 1.807) is 0 Å². The molecule has 1 radical (unpaired) electrons. The van der Waals surface area contributed by atoms with E-state index in [4.69, 9.17) is 10.00 Å². The molecule has 0 spiro atoms. The molecule has 0 aromatic heterocycles. The van der Waals surface area contributed by atoms with Gasteiger partial charge in [-0.15, -0.1) is 0 Å². The minimum atomic E-state index is -3.95. The van der Waals surface area contributed by atoms with Crippen molar-refractivity contribution in [2.75, 3.05) is 7.11 Å². The number of carboxylic acid groups (broad SMARTS) is 1. The summed E-state index contributed by atoms with van der Waals surface area (Å²) in [5, 5.41) is 7.91. The van der Waals surface area contributed by atoms with Crippen molar-refractivity contribution in [3.8, 4) is 0 Å². The number of rotatable bonds is 3. The van der Waals surface area contributed by atoms with Gasteiger partial charge < -0.3 is 14.5 Å². The summed E-state index contributed by atoms with van der Waals surface area (Å²) in [7, 11) is -3.00. The van der Waals surface area contributed by atoms with Crippen LogP contribution in [0.25, 0.3) is 0 Å². The van der Waals surface area contributed by atoms with Crippen molar-refractivity contribution in [2.45, 2.75) is 0 Å². The molecule has 0 aliphatic carbocycles. The Kier molecular flexibility index (Phi) is 2.90.